The fraction of sp³-hybridized carbons (Fsp3) is 0.818. The van der Waals surface area contributed by atoms with E-state index in [-0.39, 0.29) is 0 Å². The van der Waals surface area contributed by atoms with E-state index in [4.69, 9.17) is 4.52 Å². The number of hydrogen-bond acceptors (Lipinski definition) is 4. The number of rotatable bonds is 4. The summed E-state index contributed by atoms with van der Waals surface area (Å²) < 4.78 is 5.22. The summed E-state index contributed by atoms with van der Waals surface area (Å²) in [6.07, 6.45) is 3.50. The van der Waals surface area contributed by atoms with Crippen LogP contribution in [0.25, 0.3) is 0 Å². The molecule has 84 valence electrons. The average molecular weight is 209 g/mol. The molecule has 0 saturated carbocycles. The zero-order valence-corrected chi connectivity index (χ0v) is 9.57. The summed E-state index contributed by atoms with van der Waals surface area (Å²) in [5.41, 5.74) is 0. The van der Waals surface area contributed by atoms with E-state index in [9.17, 15) is 0 Å². The van der Waals surface area contributed by atoms with Crippen LogP contribution in [-0.2, 0) is 13.0 Å². The Morgan fingerprint density at radius 2 is 2.07 bits per heavy atom. The minimum absolute atomic E-state index is 0.585. The van der Waals surface area contributed by atoms with Gasteiger partial charge >= 0.3 is 0 Å². The van der Waals surface area contributed by atoms with Crippen molar-refractivity contribution in [3.8, 4) is 0 Å². The SMILES string of the molecule is CC(C)Cc1noc(CN2CCCC2)n1. The average Bonchev–Trinajstić information content (AvgIpc) is 2.77. The van der Waals surface area contributed by atoms with Crippen LogP contribution >= 0.6 is 0 Å². The summed E-state index contributed by atoms with van der Waals surface area (Å²) >= 11 is 0. The zero-order chi connectivity index (χ0) is 10.7. The van der Waals surface area contributed by atoms with Gasteiger partial charge in [0.05, 0.1) is 6.54 Å². The lowest BCUT2D eigenvalue weighted by Crippen LogP contribution is -2.18. The zero-order valence-electron chi connectivity index (χ0n) is 9.57. The Labute approximate surface area is 90.7 Å². The highest BCUT2D eigenvalue weighted by Gasteiger charge is 2.15. The summed E-state index contributed by atoms with van der Waals surface area (Å²) in [4.78, 5) is 6.76. The first-order valence-electron chi connectivity index (χ1n) is 5.78. The molecule has 0 N–H and O–H groups in total. The Morgan fingerprint density at radius 3 is 2.73 bits per heavy atom. The fourth-order valence-electron chi connectivity index (χ4n) is 1.93. The van der Waals surface area contributed by atoms with Gasteiger partial charge in [0.1, 0.15) is 0 Å². The monoisotopic (exact) mass is 209 g/mol. The number of aromatic nitrogens is 2. The van der Waals surface area contributed by atoms with Crippen molar-refractivity contribution >= 4 is 0 Å². The third-order valence-electron chi connectivity index (χ3n) is 2.66. The highest BCUT2D eigenvalue weighted by atomic mass is 16.5. The van der Waals surface area contributed by atoms with Crippen molar-refractivity contribution in [3.05, 3.63) is 11.7 Å². The lowest BCUT2D eigenvalue weighted by Gasteiger charge is -2.09. The van der Waals surface area contributed by atoms with Gasteiger partial charge in [0.25, 0.3) is 0 Å². The van der Waals surface area contributed by atoms with Crippen molar-refractivity contribution < 1.29 is 4.52 Å². The Morgan fingerprint density at radius 1 is 1.33 bits per heavy atom. The first-order valence-corrected chi connectivity index (χ1v) is 5.78. The lowest BCUT2D eigenvalue weighted by atomic mass is 10.1. The van der Waals surface area contributed by atoms with Crippen molar-refractivity contribution in [2.24, 2.45) is 5.92 Å². The summed E-state index contributed by atoms with van der Waals surface area (Å²) in [7, 11) is 0. The van der Waals surface area contributed by atoms with Crippen molar-refractivity contribution in [2.75, 3.05) is 13.1 Å². The first-order chi connectivity index (χ1) is 7.24. The molecule has 4 heteroatoms. The molecular weight excluding hydrogens is 190 g/mol. The molecule has 2 rings (SSSR count). The molecule has 1 aliphatic heterocycles. The van der Waals surface area contributed by atoms with E-state index in [0.717, 1.165) is 24.7 Å². The molecule has 0 unspecified atom stereocenters. The maximum atomic E-state index is 5.22. The van der Waals surface area contributed by atoms with Crippen LogP contribution in [0.1, 0.15) is 38.4 Å². The van der Waals surface area contributed by atoms with Gasteiger partial charge in [0.2, 0.25) is 5.89 Å². The third-order valence-corrected chi connectivity index (χ3v) is 2.66. The standard InChI is InChI=1S/C11H19N3O/c1-9(2)7-10-12-11(15-13-10)8-14-5-3-4-6-14/h9H,3-8H2,1-2H3. The van der Waals surface area contributed by atoms with Crippen molar-refractivity contribution in [1.29, 1.82) is 0 Å². The van der Waals surface area contributed by atoms with Gasteiger partial charge in [-0.1, -0.05) is 19.0 Å². The number of nitrogens with zero attached hydrogens (tertiary/aromatic N) is 3. The molecule has 0 radical (unpaired) electrons. The highest BCUT2D eigenvalue weighted by molar-refractivity contribution is 4.88. The van der Waals surface area contributed by atoms with Crippen LogP contribution in [0.3, 0.4) is 0 Å². The molecule has 1 fully saturated rings. The topological polar surface area (TPSA) is 42.2 Å². The molecule has 0 aliphatic carbocycles. The van der Waals surface area contributed by atoms with Gasteiger partial charge < -0.3 is 4.52 Å². The Hall–Kier alpha value is -0.900. The van der Waals surface area contributed by atoms with Gasteiger partial charge in [-0.25, -0.2) is 0 Å². The van der Waals surface area contributed by atoms with Gasteiger partial charge in [0.15, 0.2) is 5.82 Å². The second kappa shape index (κ2) is 4.75. The number of hydrogen-bond donors (Lipinski definition) is 0. The summed E-state index contributed by atoms with van der Waals surface area (Å²) in [5, 5.41) is 3.99. The molecule has 0 spiro atoms. The molecular formula is C11H19N3O. The van der Waals surface area contributed by atoms with E-state index in [1.807, 2.05) is 0 Å². The lowest BCUT2D eigenvalue weighted by molar-refractivity contribution is 0.267. The predicted molar refractivity (Wildman–Crippen MR) is 57.4 cm³/mol. The molecule has 1 aromatic heterocycles. The second-order valence-electron chi connectivity index (χ2n) is 4.69. The van der Waals surface area contributed by atoms with Crippen molar-refractivity contribution in [2.45, 2.75) is 39.7 Å². The van der Waals surface area contributed by atoms with Gasteiger partial charge in [0, 0.05) is 6.42 Å². The van der Waals surface area contributed by atoms with E-state index in [1.165, 1.54) is 25.9 Å². The van der Waals surface area contributed by atoms with Gasteiger partial charge in [-0.2, -0.15) is 4.98 Å². The predicted octanol–water partition coefficient (Wildman–Crippen LogP) is 1.86. The molecule has 1 aliphatic rings. The third kappa shape index (κ3) is 3.02. The van der Waals surface area contributed by atoms with Crippen LogP contribution in [0.15, 0.2) is 4.52 Å². The molecule has 2 heterocycles. The van der Waals surface area contributed by atoms with Crippen LogP contribution in [0.4, 0.5) is 0 Å². The largest absolute Gasteiger partial charge is 0.338 e. The van der Waals surface area contributed by atoms with Crippen LogP contribution in [0, 0.1) is 5.92 Å². The normalized spacial score (nSPS) is 17.8. The molecule has 0 atom stereocenters. The Bertz CT molecular complexity index is 303. The molecule has 1 aromatic rings. The van der Waals surface area contributed by atoms with E-state index >= 15 is 0 Å². The quantitative estimate of drug-likeness (QED) is 0.759. The van der Waals surface area contributed by atoms with E-state index in [0.29, 0.717) is 5.92 Å². The summed E-state index contributed by atoms with van der Waals surface area (Å²) in [5.74, 6) is 2.20. The van der Waals surface area contributed by atoms with Crippen LogP contribution in [-0.4, -0.2) is 28.1 Å². The summed E-state index contributed by atoms with van der Waals surface area (Å²) in [6.45, 7) is 7.49. The van der Waals surface area contributed by atoms with Crippen LogP contribution in [0.2, 0.25) is 0 Å². The molecule has 0 bridgehead atoms. The van der Waals surface area contributed by atoms with Gasteiger partial charge in [-0.05, 0) is 31.8 Å². The maximum absolute atomic E-state index is 5.22. The fourth-order valence-corrected chi connectivity index (χ4v) is 1.93. The molecule has 0 aromatic carbocycles. The van der Waals surface area contributed by atoms with Crippen LogP contribution in [0.5, 0.6) is 0 Å². The Kier molecular flexibility index (Phi) is 3.36. The van der Waals surface area contributed by atoms with E-state index < -0.39 is 0 Å². The van der Waals surface area contributed by atoms with E-state index in [1.54, 1.807) is 0 Å². The van der Waals surface area contributed by atoms with E-state index in [2.05, 4.69) is 28.9 Å². The van der Waals surface area contributed by atoms with Gasteiger partial charge in [-0.3, -0.25) is 4.90 Å². The maximum Gasteiger partial charge on any atom is 0.240 e. The molecule has 0 amide bonds. The van der Waals surface area contributed by atoms with Crippen molar-refractivity contribution in [3.63, 3.8) is 0 Å². The van der Waals surface area contributed by atoms with Crippen LogP contribution < -0.4 is 0 Å². The Balaban J connectivity index is 1.88. The summed E-state index contributed by atoms with van der Waals surface area (Å²) in [6, 6.07) is 0. The first kappa shape index (κ1) is 10.6. The van der Waals surface area contributed by atoms with Gasteiger partial charge in [-0.15, -0.1) is 0 Å². The smallest absolute Gasteiger partial charge is 0.240 e. The molecule has 1 saturated heterocycles. The minimum Gasteiger partial charge on any atom is -0.338 e. The molecule has 4 nitrogen and oxygen atoms in total. The second-order valence-corrected chi connectivity index (χ2v) is 4.69. The number of likely N-dealkylation sites (tertiary alicyclic amines) is 1. The molecule has 15 heavy (non-hydrogen) atoms. The van der Waals surface area contributed by atoms with Crippen molar-refractivity contribution in [1.82, 2.24) is 15.0 Å². The highest BCUT2D eigenvalue weighted by Crippen LogP contribution is 2.12. The minimum atomic E-state index is 0.585.